The van der Waals surface area contributed by atoms with Crippen LogP contribution in [0.3, 0.4) is 0 Å². The summed E-state index contributed by atoms with van der Waals surface area (Å²) >= 11 is 0. The van der Waals surface area contributed by atoms with Gasteiger partial charge >= 0.3 is 0 Å². The van der Waals surface area contributed by atoms with Crippen molar-refractivity contribution in [1.82, 2.24) is 4.90 Å². The highest BCUT2D eigenvalue weighted by Gasteiger charge is 2.41. The lowest BCUT2D eigenvalue weighted by Crippen LogP contribution is -2.46. The minimum atomic E-state index is -0.646. The van der Waals surface area contributed by atoms with Crippen LogP contribution in [0.25, 0.3) is 10.8 Å². The van der Waals surface area contributed by atoms with Crippen molar-refractivity contribution >= 4 is 10.8 Å². The van der Waals surface area contributed by atoms with Crippen LogP contribution in [0.4, 0.5) is 0 Å². The molecule has 2 aromatic carbocycles. The zero-order chi connectivity index (χ0) is 13.6. The molecule has 104 valence electrons. The standard InChI is InChI=1S/C18H21NO/c20-18(10-12-19-11-4-7-15(19)13-18)17-9-3-6-14-5-1-2-8-16(14)17/h1-3,5-6,8-9,15,20H,4,7,10-13H2. The Bertz CT molecular complexity index is 633. The van der Waals surface area contributed by atoms with Crippen LogP contribution >= 0.6 is 0 Å². The second-order valence-corrected chi connectivity index (χ2v) is 6.34. The molecule has 2 aromatic rings. The fraction of sp³-hybridized carbons (Fsp3) is 0.444. The van der Waals surface area contributed by atoms with Crippen LogP contribution < -0.4 is 0 Å². The summed E-state index contributed by atoms with van der Waals surface area (Å²) in [7, 11) is 0. The van der Waals surface area contributed by atoms with Gasteiger partial charge in [0.25, 0.3) is 0 Å². The van der Waals surface area contributed by atoms with Gasteiger partial charge in [-0.1, -0.05) is 42.5 Å². The van der Waals surface area contributed by atoms with Crippen molar-refractivity contribution in [1.29, 1.82) is 0 Å². The van der Waals surface area contributed by atoms with Crippen LogP contribution in [-0.4, -0.2) is 29.1 Å². The van der Waals surface area contributed by atoms with Crippen LogP contribution in [0.1, 0.15) is 31.2 Å². The van der Waals surface area contributed by atoms with Crippen LogP contribution in [0, 0.1) is 0 Å². The number of aliphatic hydroxyl groups is 1. The highest BCUT2D eigenvalue weighted by atomic mass is 16.3. The SMILES string of the molecule is OC1(c2cccc3ccccc23)CCN2CCCC2C1. The average molecular weight is 267 g/mol. The first kappa shape index (κ1) is 12.4. The predicted molar refractivity (Wildman–Crippen MR) is 81.7 cm³/mol. The van der Waals surface area contributed by atoms with E-state index in [1.54, 1.807) is 0 Å². The number of rotatable bonds is 1. The molecule has 2 atom stereocenters. The predicted octanol–water partition coefficient (Wildman–Crippen LogP) is 3.29. The molecule has 4 rings (SSSR count). The Kier molecular flexibility index (Phi) is 2.83. The summed E-state index contributed by atoms with van der Waals surface area (Å²) in [5, 5.41) is 13.7. The van der Waals surface area contributed by atoms with Gasteiger partial charge in [-0.3, -0.25) is 0 Å². The molecule has 2 nitrogen and oxygen atoms in total. The van der Waals surface area contributed by atoms with Gasteiger partial charge in [0.2, 0.25) is 0 Å². The van der Waals surface area contributed by atoms with Gasteiger partial charge in [-0.2, -0.15) is 0 Å². The first-order chi connectivity index (χ1) is 9.76. The van der Waals surface area contributed by atoms with Crippen LogP contribution in [0.2, 0.25) is 0 Å². The van der Waals surface area contributed by atoms with E-state index < -0.39 is 5.60 Å². The van der Waals surface area contributed by atoms with E-state index in [1.165, 1.54) is 30.2 Å². The summed E-state index contributed by atoms with van der Waals surface area (Å²) in [5.74, 6) is 0. The largest absolute Gasteiger partial charge is 0.385 e. The first-order valence-electron chi connectivity index (χ1n) is 7.71. The summed E-state index contributed by atoms with van der Waals surface area (Å²) in [6.07, 6.45) is 4.28. The molecule has 0 spiro atoms. The third kappa shape index (κ3) is 1.87. The second kappa shape index (κ2) is 4.57. The molecule has 0 aromatic heterocycles. The molecule has 2 aliphatic heterocycles. The van der Waals surface area contributed by atoms with Gasteiger partial charge in [-0.25, -0.2) is 0 Å². The van der Waals surface area contributed by atoms with Crippen LogP contribution in [-0.2, 0) is 5.60 Å². The molecule has 0 bridgehead atoms. The Morgan fingerprint density at radius 3 is 2.85 bits per heavy atom. The molecule has 2 heteroatoms. The van der Waals surface area contributed by atoms with Gasteiger partial charge in [0.15, 0.2) is 0 Å². The summed E-state index contributed by atoms with van der Waals surface area (Å²) in [6, 6.07) is 15.3. The number of fused-ring (bicyclic) bond motifs is 2. The van der Waals surface area contributed by atoms with Crippen molar-refractivity contribution in [2.75, 3.05) is 13.1 Å². The van der Waals surface area contributed by atoms with E-state index in [2.05, 4.69) is 47.4 Å². The van der Waals surface area contributed by atoms with Gasteiger partial charge in [-0.15, -0.1) is 0 Å². The van der Waals surface area contributed by atoms with Crippen molar-refractivity contribution in [2.45, 2.75) is 37.3 Å². The first-order valence-corrected chi connectivity index (χ1v) is 7.71. The monoisotopic (exact) mass is 267 g/mol. The lowest BCUT2D eigenvalue weighted by molar-refractivity contribution is -0.0397. The number of nitrogens with zero attached hydrogens (tertiary/aromatic N) is 1. The summed E-state index contributed by atoms with van der Waals surface area (Å²) in [5.41, 5.74) is 0.481. The summed E-state index contributed by atoms with van der Waals surface area (Å²) in [6.45, 7) is 2.25. The quantitative estimate of drug-likeness (QED) is 0.857. The Morgan fingerprint density at radius 2 is 1.90 bits per heavy atom. The Balaban J connectivity index is 1.78. The molecule has 20 heavy (non-hydrogen) atoms. The minimum absolute atomic E-state index is 0.577. The topological polar surface area (TPSA) is 23.5 Å². The third-order valence-corrected chi connectivity index (χ3v) is 5.18. The van der Waals surface area contributed by atoms with Crippen molar-refractivity contribution < 1.29 is 5.11 Å². The third-order valence-electron chi connectivity index (χ3n) is 5.18. The van der Waals surface area contributed by atoms with Crippen LogP contribution in [0.15, 0.2) is 42.5 Å². The molecule has 2 unspecified atom stereocenters. The Hall–Kier alpha value is -1.38. The Labute approximate surface area is 120 Å². The Morgan fingerprint density at radius 1 is 1.05 bits per heavy atom. The van der Waals surface area contributed by atoms with Crippen molar-refractivity contribution in [2.24, 2.45) is 0 Å². The fourth-order valence-corrected chi connectivity index (χ4v) is 4.12. The highest BCUT2D eigenvalue weighted by molar-refractivity contribution is 5.86. The van der Waals surface area contributed by atoms with E-state index in [0.717, 1.165) is 24.9 Å². The van der Waals surface area contributed by atoms with E-state index in [0.29, 0.717) is 6.04 Å². The fourth-order valence-electron chi connectivity index (χ4n) is 4.12. The molecule has 2 fully saturated rings. The smallest absolute Gasteiger partial charge is 0.0929 e. The van der Waals surface area contributed by atoms with Crippen molar-refractivity contribution in [3.8, 4) is 0 Å². The zero-order valence-electron chi connectivity index (χ0n) is 11.8. The zero-order valence-corrected chi connectivity index (χ0v) is 11.8. The molecule has 0 aliphatic carbocycles. The van der Waals surface area contributed by atoms with Gasteiger partial charge in [-0.05, 0) is 48.6 Å². The highest BCUT2D eigenvalue weighted by Crippen LogP contribution is 2.41. The maximum atomic E-state index is 11.3. The molecular formula is C18H21NO. The summed E-state index contributed by atoms with van der Waals surface area (Å²) < 4.78 is 0. The van der Waals surface area contributed by atoms with Crippen molar-refractivity contribution in [3.05, 3.63) is 48.0 Å². The lowest BCUT2D eigenvalue weighted by Gasteiger charge is -2.41. The van der Waals surface area contributed by atoms with E-state index in [-0.39, 0.29) is 0 Å². The van der Waals surface area contributed by atoms with Gasteiger partial charge in [0.05, 0.1) is 5.60 Å². The lowest BCUT2D eigenvalue weighted by atomic mass is 9.79. The second-order valence-electron chi connectivity index (χ2n) is 6.34. The maximum Gasteiger partial charge on any atom is 0.0929 e. The average Bonchev–Trinajstić information content (AvgIpc) is 2.93. The van der Waals surface area contributed by atoms with Gasteiger partial charge in [0, 0.05) is 12.6 Å². The van der Waals surface area contributed by atoms with Crippen molar-refractivity contribution in [3.63, 3.8) is 0 Å². The molecule has 0 amide bonds. The summed E-state index contributed by atoms with van der Waals surface area (Å²) in [4.78, 5) is 2.56. The van der Waals surface area contributed by atoms with E-state index in [4.69, 9.17) is 0 Å². The molecular weight excluding hydrogens is 246 g/mol. The van der Waals surface area contributed by atoms with E-state index >= 15 is 0 Å². The van der Waals surface area contributed by atoms with E-state index in [9.17, 15) is 5.11 Å². The number of hydrogen-bond acceptors (Lipinski definition) is 2. The number of hydrogen-bond donors (Lipinski definition) is 1. The molecule has 0 saturated carbocycles. The minimum Gasteiger partial charge on any atom is -0.385 e. The molecule has 2 aliphatic rings. The maximum absolute atomic E-state index is 11.3. The normalized spacial score (nSPS) is 30.6. The molecule has 1 N–H and O–H groups in total. The number of benzene rings is 2. The molecule has 2 saturated heterocycles. The van der Waals surface area contributed by atoms with Crippen LogP contribution in [0.5, 0.6) is 0 Å². The van der Waals surface area contributed by atoms with Gasteiger partial charge in [0.1, 0.15) is 0 Å². The van der Waals surface area contributed by atoms with Gasteiger partial charge < -0.3 is 10.0 Å². The molecule has 2 heterocycles. The van der Waals surface area contributed by atoms with E-state index in [1.807, 2.05) is 0 Å². The number of piperidine rings is 1. The molecule has 0 radical (unpaired) electrons.